The summed E-state index contributed by atoms with van der Waals surface area (Å²) in [5.41, 5.74) is 2.13. The molecule has 1 saturated heterocycles. The molecule has 0 unspecified atom stereocenters. The quantitative estimate of drug-likeness (QED) is 0.723. The zero-order valence-corrected chi connectivity index (χ0v) is 8.45. The summed E-state index contributed by atoms with van der Waals surface area (Å²) in [6, 6.07) is 6.13. The predicted octanol–water partition coefficient (Wildman–Crippen LogP) is 2.32. The number of aromatic nitrogens is 1. The van der Waals surface area contributed by atoms with Gasteiger partial charge in [-0.1, -0.05) is 12.6 Å². The summed E-state index contributed by atoms with van der Waals surface area (Å²) in [5.74, 6) is 0. The molecule has 1 aromatic heterocycles. The minimum atomic E-state index is 0.974. The predicted molar refractivity (Wildman–Crippen MR) is 58.8 cm³/mol. The van der Waals surface area contributed by atoms with Crippen LogP contribution in [0, 0.1) is 0 Å². The van der Waals surface area contributed by atoms with Crippen molar-refractivity contribution in [1.29, 1.82) is 0 Å². The van der Waals surface area contributed by atoms with E-state index in [9.17, 15) is 0 Å². The molecule has 1 aliphatic rings. The Kier molecular flexibility index (Phi) is 2.94. The van der Waals surface area contributed by atoms with E-state index in [1.807, 2.05) is 6.07 Å². The number of pyridine rings is 1. The van der Waals surface area contributed by atoms with Crippen LogP contribution in [0.2, 0.25) is 0 Å². The van der Waals surface area contributed by atoms with Crippen molar-refractivity contribution in [1.82, 2.24) is 9.88 Å². The Bertz CT molecular complexity index is 314. The first-order valence-corrected chi connectivity index (χ1v) is 5.19. The van der Waals surface area contributed by atoms with Crippen molar-refractivity contribution in [2.45, 2.75) is 19.4 Å². The van der Waals surface area contributed by atoms with Crippen molar-refractivity contribution in [2.75, 3.05) is 13.1 Å². The molecule has 0 spiro atoms. The number of likely N-dealkylation sites (tertiary alicyclic amines) is 1. The van der Waals surface area contributed by atoms with Gasteiger partial charge >= 0.3 is 0 Å². The number of rotatable bonds is 3. The van der Waals surface area contributed by atoms with Gasteiger partial charge in [-0.3, -0.25) is 9.88 Å². The van der Waals surface area contributed by atoms with Gasteiger partial charge in [0.25, 0.3) is 0 Å². The summed E-state index contributed by atoms with van der Waals surface area (Å²) < 4.78 is 0. The van der Waals surface area contributed by atoms with Crippen LogP contribution in [-0.2, 0) is 6.54 Å². The summed E-state index contributed by atoms with van der Waals surface area (Å²) in [7, 11) is 0. The summed E-state index contributed by atoms with van der Waals surface area (Å²) in [5, 5.41) is 0. The van der Waals surface area contributed by atoms with E-state index >= 15 is 0 Å². The molecule has 2 heteroatoms. The van der Waals surface area contributed by atoms with Crippen molar-refractivity contribution in [3.05, 3.63) is 36.2 Å². The molecular weight excluding hydrogens is 172 g/mol. The number of hydrogen-bond donors (Lipinski definition) is 0. The van der Waals surface area contributed by atoms with Crippen LogP contribution in [0.3, 0.4) is 0 Å². The smallest absolute Gasteiger partial charge is 0.0627 e. The lowest BCUT2D eigenvalue weighted by atomic mass is 10.3. The molecular formula is C12H16N2. The van der Waals surface area contributed by atoms with Gasteiger partial charge in [0.15, 0.2) is 0 Å². The van der Waals surface area contributed by atoms with Crippen LogP contribution in [0.4, 0.5) is 0 Å². The molecule has 74 valence electrons. The van der Waals surface area contributed by atoms with Crippen molar-refractivity contribution in [2.24, 2.45) is 0 Å². The van der Waals surface area contributed by atoms with Gasteiger partial charge in [-0.2, -0.15) is 0 Å². The highest BCUT2D eigenvalue weighted by Gasteiger charge is 2.11. The monoisotopic (exact) mass is 188 g/mol. The van der Waals surface area contributed by atoms with Crippen LogP contribution < -0.4 is 0 Å². The second-order valence-electron chi connectivity index (χ2n) is 3.74. The Labute approximate surface area is 85.3 Å². The minimum Gasteiger partial charge on any atom is -0.298 e. The van der Waals surface area contributed by atoms with Gasteiger partial charge in [0.05, 0.1) is 11.4 Å². The van der Waals surface area contributed by atoms with Gasteiger partial charge in [0, 0.05) is 6.54 Å². The van der Waals surface area contributed by atoms with Crippen LogP contribution in [0.25, 0.3) is 6.08 Å². The lowest BCUT2D eigenvalue weighted by Crippen LogP contribution is -2.19. The molecule has 0 radical (unpaired) electrons. The van der Waals surface area contributed by atoms with Gasteiger partial charge in [-0.05, 0) is 44.1 Å². The normalized spacial score (nSPS) is 17.1. The first kappa shape index (κ1) is 9.41. The van der Waals surface area contributed by atoms with Crippen molar-refractivity contribution < 1.29 is 0 Å². The lowest BCUT2D eigenvalue weighted by molar-refractivity contribution is 0.327. The molecule has 1 aromatic rings. The zero-order chi connectivity index (χ0) is 9.80. The molecule has 0 amide bonds. The minimum absolute atomic E-state index is 0.974. The van der Waals surface area contributed by atoms with Crippen LogP contribution >= 0.6 is 0 Å². The Morgan fingerprint density at radius 3 is 2.86 bits per heavy atom. The molecule has 0 bridgehead atoms. The third-order valence-corrected chi connectivity index (χ3v) is 2.62. The maximum absolute atomic E-state index is 4.50. The Hall–Kier alpha value is -1.15. The topological polar surface area (TPSA) is 16.1 Å². The molecule has 0 aliphatic carbocycles. The van der Waals surface area contributed by atoms with E-state index in [0.717, 1.165) is 17.9 Å². The summed E-state index contributed by atoms with van der Waals surface area (Å²) in [6.07, 6.45) is 4.47. The van der Waals surface area contributed by atoms with E-state index in [-0.39, 0.29) is 0 Å². The number of nitrogens with zero attached hydrogens (tertiary/aromatic N) is 2. The van der Waals surface area contributed by atoms with Crippen LogP contribution in [0.1, 0.15) is 24.2 Å². The van der Waals surface area contributed by atoms with E-state index in [1.165, 1.54) is 25.9 Å². The van der Waals surface area contributed by atoms with E-state index in [4.69, 9.17) is 0 Å². The second kappa shape index (κ2) is 4.38. The average molecular weight is 188 g/mol. The van der Waals surface area contributed by atoms with Gasteiger partial charge in [-0.15, -0.1) is 0 Å². The molecule has 1 fully saturated rings. The fourth-order valence-electron chi connectivity index (χ4n) is 1.87. The van der Waals surface area contributed by atoms with Crippen molar-refractivity contribution >= 4 is 6.08 Å². The van der Waals surface area contributed by atoms with E-state index in [0.29, 0.717) is 0 Å². The highest BCUT2D eigenvalue weighted by atomic mass is 15.1. The maximum atomic E-state index is 4.50. The molecule has 14 heavy (non-hydrogen) atoms. The Balaban J connectivity index is 2.04. The highest BCUT2D eigenvalue weighted by Crippen LogP contribution is 2.11. The first-order chi connectivity index (χ1) is 6.88. The summed E-state index contributed by atoms with van der Waals surface area (Å²) in [6.45, 7) is 7.16. The van der Waals surface area contributed by atoms with Gasteiger partial charge in [-0.25, -0.2) is 0 Å². The van der Waals surface area contributed by atoms with Crippen LogP contribution in [-0.4, -0.2) is 23.0 Å². The summed E-state index contributed by atoms with van der Waals surface area (Å²) in [4.78, 5) is 6.95. The first-order valence-electron chi connectivity index (χ1n) is 5.19. The SMILES string of the molecule is C=Cc1cccc(CN2CCCC2)n1. The van der Waals surface area contributed by atoms with Gasteiger partial charge in [0.2, 0.25) is 0 Å². The van der Waals surface area contributed by atoms with E-state index in [2.05, 4.69) is 28.6 Å². The lowest BCUT2D eigenvalue weighted by Gasteiger charge is -2.13. The molecule has 0 aromatic carbocycles. The molecule has 1 aliphatic heterocycles. The molecule has 0 N–H and O–H groups in total. The molecule has 0 atom stereocenters. The molecule has 2 nitrogen and oxygen atoms in total. The molecule has 2 heterocycles. The largest absolute Gasteiger partial charge is 0.298 e. The number of hydrogen-bond acceptors (Lipinski definition) is 2. The fourth-order valence-corrected chi connectivity index (χ4v) is 1.87. The third-order valence-electron chi connectivity index (χ3n) is 2.62. The van der Waals surface area contributed by atoms with Gasteiger partial charge in [0.1, 0.15) is 0 Å². The highest BCUT2D eigenvalue weighted by molar-refractivity contribution is 5.41. The second-order valence-corrected chi connectivity index (χ2v) is 3.74. The van der Waals surface area contributed by atoms with Crippen LogP contribution in [0.5, 0.6) is 0 Å². The van der Waals surface area contributed by atoms with Crippen molar-refractivity contribution in [3.8, 4) is 0 Å². The summed E-state index contributed by atoms with van der Waals surface area (Å²) >= 11 is 0. The molecule has 2 rings (SSSR count). The van der Waals surface area contributed by atoms with Gasteiger partial charge < -0.3 is 0 Å². The maximum Gasteiger partial charge on any atom is 0.0627 e. The third kappa shape index (κ3) is 2.20. The average Bonchev–Trinajstić information content (AvgIpc) is 2.71. The fraction of sp³-hybridized carbons (Fsp3) is 0.417. The zero-order valence-electron chi connectivity index (χ0n) is 8.45. The van der Waals surface area contributed by atoms with Crippen LogP contribution in [0.15, 0.2) is 24.8 Å². The van der Waals surface area contributed by atoms with E-state index in [1.54, 1.807) is 6.08 Å². The standard InChI is InChI=1S/C12H16N2/c1-2-11-6-5-7-12(13-11)10-14-8-3-4-9-14/h2,5-7H,1,3-4,8-10H2. The van der Waals surface area contributed by atoms with Crippen molar-refractivity contribution in [3.63, 3.8) is 0 Å². The van der Waals surface area contributed by atoms with E-state index < -0.39 is 0 Å². The Morgan fingerprint density at radius 1 is 1.36 bits per heavy atom. The Morgan fingerprint density at radius 2 is 2.14 bits per heavy atom. The molecule has 0 saturated carbocycles.